The summed E-state index contributed by atoms with van der Waals surface area (Å²) >= 11 is 0. The number of nitrogens with zero attached hydrogens (tertiary/aromatic N) is 2. The van der Waals surface area contributed by atoms with Gasteiger partial charge in [0, 0.05) is 13.1 Å². The molecule has 3 rings (SSSR count). The van der Waals surface area contributed by atoms with Crippen LogP contribution in [-0.4, -0.2) is 50.8 Å². The number of rotatable bonds is 12. The highest BCUT2D eigenvalue weighted by molar-refractivity contribution is 7.92. The van der Waals surface area contributed by atoms with Crippen molar-refractivity contribution in [1.29, 1.82) is 0 Å². The minimum atomic E-state index is -4.04. The zero-order chi connectivity index (χ0) is 26.8. The summed E-state index contributed by atoms with van der Waals surface area (Å²) in [7, 11) is -4.04. The predicted octanol–water partition coefficient (Wildman–Crippen LogP) is 4.18. The lowest BCUT2D eigenvalue weighted by atomic mass is 10.1. The first-order valence-electron chi connectivity index (χ1n) is 12.5. The molecular formula is C29H35N3O4S. The highest BCUT2D eigenvalue weighted by atomic mass is 32.2. The van der Waals surface area contributed by atoms with E-state index in [1.54, 1.807) is 36.4 Å². The molecule has 0 aliphatic heterocycles. The van der Waals surface area contributed by atoms with Crippen molar-refractivity contribution in [2.45, 2.75) is 44.6 Å². The second kappa shape index (κ2) is 13.1. The van der Waals surface area contributed by atoms with Crippen molar-refractivity contribution in [3.63, 3.8) is 0 Å². The number of anilines is 1. The van der Waals surface area contributed by atoms with Crippen LogP contribution in [0.3, 0.4) is 0 Å². The van der Waals surface area contributed by atoms with E-state index < -0.39 is 28.5 Å². The van der Waals surface area contributed by atoms with Gasteiger partial charge in [-0.05, 0) is 62.1 Å². The van der Waals surface area contributed by atoms with Crippen LogP contribution in [0, 0.1) is 6.92 Å². The maximum atomic E-state index is 13.9. The summed E-state index contributed by atoms with van der Waals surface area (Å²) in [5, 5.41) is 2.81. The third-order valence-corrected chi connectivity index (χ3v) is 7.91. The van der Waals surface area contributed by atoms with Crippen LogP contribution < -0.4 is 9.62 Å². The molecule has 3 aromatic carbocycles. The van der Waals surface area contributed by atoms with E-state index in [0.29, 0.717) is 25.1 Å². The zero-order valence-corrected chi connectivity index (χ0v) is 22.4. The predicted molar refractivity (Wildman–Crippen MR) is 147 cm³/mol. The number of nitrogens with one attached hydrogen (secondary N) is 1. The summed E-state index contributed by atoms with van der Waals surface area (Å²) in [5.41, 5.74) is 2.29. The second-order valence-electron chi connectivity index (χ2n) is 8.81. The third-order valence-electron chi connectivity index (χ3n) is 6.12. The van der Waals surface area contributed by atoms with Gasteiger partial charge in [-0.15, -0.1) is 0 Å². The summed E-state index contributed by atoms with van der Waals surface area (Å²) in [4.78, 5) is 28.4. The monoisotopic (exact) mass is 521 g/mol. The van der Waals surface area contributed by atoms with Crippen LogP contribution in [0.1, 0.15) is 31.4 Å². The van der Waals surface area contributed by atoms with Crippen LogP contribution in [0.4, 0.5) is 5.69 Å². The Balaban J connectivity index is 1.99. The van der Waals surface area contributed by atoms with E-state index in [-0.39, 0.29) is 17.3 Å². The lowest BCUT2D eigenvalue weighted by Gasteiger charge is -2.33. The summed E-state index contributed by atoms with van der Waals surface area (Å²) in [5.74, 6) is -0.686. The van der Waals surface area contributed by atoms with E-state index in [1.807, 2.05) is 57.2 Å². The van der Waals surface area contributed by atoms with Crippen LogP contribution in [0.25, 0.3) is 0 Å². The number of aryl methyl sites for hydroxylation is 1. The van der Waals surface area contributed by atoms with Gasteiger partial charge < -0.3 is 10.2 Å². The number of hydrogen-bond donors (Lipinski definition) is 1. The van der Waals surface area contributed by atoms with E-state index >= 15 is 0 Å². The molecule has 0 heterocycles. The number of carbonyl (C=O) groups excluding carboxylic acids is 2. The highest BCUT2D eigenvalue weighted by Gasteiger charge is 2.33. The highest BCUT2D eigenvalue weighted by Crippen LogP contribution is 2.25. The maximum Gasteiger partial charge on any atom is 0.264 e. The van der Waals surface area contributed by atoms with E-state index in [9.17, 15) is 18.0 Å². The van der Waals surface area contributed by atoms with E-state index in [2.05, 4.69) is 5.32 Å². The molecule has 0 aliphatic rings. The molecule has 3 aromatic rings. The Morgan fingerprint density at radius 1 is 0.892 bits per heavy atom. The Morgan fingerprint density at radius 3 is 2.14 bits per heavy atom. The molecule has 1 atom stereocenters. The number of hydrogen-bond acceptors (Lipinski definition) is 4. The van der Waals surface area contributed by atoms with Crippen LogP contribution in [-0.2, 0) is 26.0 Å². The molecule has 0 unspecified atom stereocenters. The van der Waals surface area contributed by atoms with Crippen molar-refractivity contribution >= 4 is 27.5 Å². The molecule has 1 N–H and O–H groups in total. The molecule has 0 spiro atoms. The number of sulfonamides is 1. The molecule has 0 fully saturated rings. The van der Waals surface area contributed by atoms with E-state index in [1.165, 1.54) is 17.0 Å². The molecule has 0 radical (unpaired) electrons. The Kier molecular flexibility index (Phi) is 9.85. The van der Waals surface area contributed by atoms with Crippen molar-refractivity contribution in [3.8, 4) is 0 Å². The topological polar surface area (TPSA) is 86.8 Å². The molecule has 0 aliphatic carbocycles. The largest absolute Gasteiger partial charge is 0.355 e. The molecule has 0 aromatic heterocycles. The number of benzene rings is 3. The van der Waals surface area contributed by atoms with Crippen LogP contribution in [0.15, 0.2) is 89.8 Å². The average Bonchev–Trinajstić information content (AvgIpc) is 2.90. The first-order valence-corrected chi connectivity index (χ1v) is 14.0. The molecule has 0 saturated heterocycles. The van der Waals surface area contributed by atoms with Crippen molar-refractivity contribution in [3.05, 3.63) is 96.1 Å². The van der Waals surface area contributed by atoms with Crippen molar-refractivity contribution in [2.24, 2.45) is 0 Å². The molecule has 37 heavy (non-hydrogen) atoms. The molecule has 0 saturated carbocycles. The molecule has 7 nitrogen and oxygen atoms in total. The van der Waals surface area contributed by atoms with Crippen LogP contribution in [0.5, 0.6) is 0 Å². The number of amides is 2. The molecule has 8 heteroatoms. The van der Waals surface area contributed by atoms with Gasteiger partial charge in [0.05, 0.1) is 10.6 Å². The quantitative estimate of drug-likeness (QED) is 0.388. The van der Waals surface area contributed by atoms with E-state index in [0.717, 1.165) is 15.4 Å². The van der Waals surface area contributed by atoms with Gasteiger partial charge in [-0.3, -0.25) is 13.9 Å². The van der Waals surface area contributed by atoms with Gasteiger partial charge in [0.15, 0.2) is 0 Å². The molecular weight excluding hydrogens is 486 g/mol. The van der Waals surface area contributed by atoms with Gasteiger partial charge in [-0.2, -0.15) is 0 Å². The van der Waals surface area contributed by atoms with Gasteiger partial charge in [0.2, 0.25) is 11.8 Å². The minimum Gasteiger partial charge on any atom is -0.355 e. The summed E-state index contributed by atoms with van der Waals surface area (Å²) < 4.78 is 28.6. The average molecular weight is 522 g/mol. The first kappa shape index (κ1) is 27.9. The molecule has 2 amide bonds. The van der Waals surface area contributed by atoms with Crippen LogP contribution >= 0.6 is 0 Å². The standard InChI is InChI=1S/C29H35N3O4S/c1-4-27(29(34)30-5-2)31(20-19-24-14-8-6-9-15-24)28(33)22-32(25-16-12-13-23(3)21-25)37(35,36)26-17-10-7-11-18-26/h6-18,21,27H,4-5,19-20,22H2,1-3H3,(H,30,34)/t27-/m0/s1. The fourth-order valence-corrected chi connectivity index (χ4v) is 5.65. The molecule has 196 valence electrons. The Hall–Kier alpha value is -3.65. The first-order chi connectivity index (χ1) is 17.8. The summed E-state index contributed by atoms with van der Waals surface area (Å²) in [6.07, 6.45) is 0.945. The minimum absolute atomic E-state index is 0.0934. The third kappa shape index (κ3) is 7.20. The Labute approximate surface area is 220 Å². The van der Waals surface area contributed by atoms with Gasteiger partial charge >= 0.3 is 0 Å². The van der Waals surface area contributed by atoms with Gasteiger partial charge in [0.25, 0.3) is 10.0 Å². The fourth-order valence-electron chi connectivity index (χ4n) is 4.22. The lowest BCUT2D eigenvalue weighted by Crippen LogP contribution is -2.53. The number of likely N-dealkylation sites (N-methyl/N-ethyl adjacent to an activating group) is 1. The molecule has 0 bridgehead atoms. The lowest BCUT2D eigenvalue weighted by molar-refractivity contribution is -0.139. The van der Waals surface area contributed by atoms with E-state index in [4.69, 9.17) is 0 Å². The summed E-state index contributed by atoms with van der Waals surface area (Å²) in [6.45, 7) is 5.84. The van der Waals surface area contributed by atoms with Gasteiger partial charge in [0.1, 0.15) is 12.6 Å². The van der Waals surface area contributed by atoms with Crippen LogP contribution in [0.2, 0.25) is 0 Å². The Bertz CT molecular complexity index is 1280. The second-order valence-corrected chi connectivity index (χ2v) is 10.7. The Morgan fingerprint density at radius 2 is 1.54 bits per heavy atom. The normalized spacial score (nSPS) is 12.0. The van der Waals surface area contributed by atoms with Crippen molar-refractivity contribution in [2.75, 3.05) is 23.9 Å². The van der Waals surface area contributed by atoms with Gasteiger partial charge in [-0.1, -0.05) is 67.6 Å². The van der Waals surface area contributed by atoms with Crippen molar-refractivity contribution in [1.82, 2.24) is 10.2 Å². The SMILES string of the molecule is CCNC(=O)[C@H](CC)N(CCc1ccccc1)C(=O)CN(c1cccc(C)c1)S(=O)(=O)c1ccccc1. The number of carbonyl (C=O) groups is 2. The zero-order valence-electron chi connectivity index (χ0n) is 21.6. The smallest absolute Gasteiger partial charge is 0.264 e. The maximum absolute atomic E-state index is 13.9. The summed E-state index contributed by atoms with van der Waals surface area (Å²) in [6, 6.07) is 24.1. The van der Waals surface area contributed by atoms with Crippen molar-refractivity contribution < 1.29 is 18.0 Å². The fraction of sp³-hybridized carbons (Fsp3) is 0.310. The van der Waals surface area contributed by atoms with Gasteiger partial charge in [-0.25, -0.2) is 8.42 Å².